The van der Waals surface area contributed by atoms with Crippen LogP contribution in [0.2, 0.25) is 0 Å². The Morgan fingerprint density at radius 2 is 1.73 bits per heavy atom. The third-order valence-electron chi connectivity index (χ3n) is 6.36. The van der Waals surface area contributed by atoms with E-state index in [0.717, 1.165) is 31.2 Å². The minimum atomic E-state index is -0.165. The van der Waals surface area contributed by atoms with Crippen LogP contribution in [0, 0.1) is 23.7 Å². The van der Waals surface area contributed by atoms with Crippen molar-refractivity contribution in [2.24, 2.45) is 23.7 Å². The van der Waals surface area contributed by atoms with Crippen LogP contribution in [0.15, 0.2) is 63.4 Å². The van der Waals surface area contributed by atoms with Gasteiger partial charge in [-0.1, -0.05) is 52.0 Å². The molecule has 4 atom stereocenters. The van der Waals surface area contributed by atoms with Crippen LogP contribution in [0.25, 0.3) is 10.2 Å². The molecule has 1 saturated carbocycles. The topological polar surface area (TPSA) is 50.3 Å². The van der Waals surface area contributed by atoms with Gasteiger partial charge in [0.1, 0.15) is 0 Å². The Balaban J connectivity index is 1.25. The summed E-state index contributed by atoms with van der Waals surface area (Å²) in [5.41, 5.74) is 2.83. The smallest absolute Gasteiger partial charge is 0.238 e. The molecule has 4 nitrogen and oxygen atoms in total. The van der Waals surface area contributed by atoms with Crippen molar-refractivity contribution in [3.63, 3.8) is 0 Å². The third-order valence-corrected chi connectivity index (χ3v) is 9.12. The second-order valence-electron chi connectivity index (χ2n) is 8.06. The molecule has 0 spiro atoms. The van der Waals surface area contributed by atoms with E-state index in [1.165, 1.54) is 10.5 Å². The van der Waals surface area contributed by atoms with Gasteiger partial charge in [0.2, 0.25) is 11.8 Å². The fourth-order valence-electron chi connectivity index (χ4n) is 4.98. The Bertz CT molecular complexity index is 1190. The maximum absolute atomic E-state index is 13.1. The molecule has 2 aliphatic carbocycles. The molecule has 2 heterocycles. The molecule has 0 N–H and O–H groups in total. The number of allylic oxidation sites excluding steroid dienone is 2. The zero-order valence-electron chi connectivity index (χ0n) is 15.8. The summed E-state index contributed by atoms with van der Waals surface area (Å²) < 4.78 is 3.07. The zero-order chi connectivity index (χ0) is 20.4. The molecule has 30 heavy (non-hydrogen) atoms. The van der Waals surface area contributed by atoms with Crippen molar-refractivity contribution in [2.45, 2.75) is 16.5 Å². The Morgan fingerprint density at radius 3 is 2.43 bits per heavy atom. The standard InChI is InChI=1S/C23H17BrN2O2S2/c24-15-5-1-12(2-6-15)11-29-23-25-17-8-7-16(10-18(17)30-23)26-21(27)19-13-3-4-14(9-13)20(19)22(26)28/h1-8,10,13-14,19-20H,9,11H2/t13-,14-,19+,20+/m0/s1. The van der Waals surface area contributed by atoms with Gasteiger partial charge in [0.05, 0.1) is 27.7 Å². The van der Waals surface area contributed by atoms with Gasteiger partial charge in [-0.2, -0.15) is 0 Å². The fourth-order valence-corrected chi connectivity index (χ4v) is 7.30. The van der Waals surface area contributed by atoms with Crippen molar-refractivity contribution in [2.75, 3.05) is 4.90 Å². The van der Waals surface area contributed by atoms with E-state index in [0.29, 0.717) is 5.69 Å². The third kappa shape index (κ3) is 2.90. The van der Waals surface area contributed by atoms with E-state index < -0.39 is 0 Å². The van der Waals surface area contributed by atoms with Crippen LogP contribution in [0.4, 0.5) is 5.69 Å². The van der Waals surface area contributed by atoms with Gasteiger partial charge in [-0.05, 0) is 54.2 Å². The van der Waals surface area contributed by atoms with Crippen molar-refractivity contribution < 1.29 is 9.59 Å². The summed E-state index contributed by atoms with van der Waals surface area (Å²) in [7, 11) is 0. The van der Waals surface area contributed by atoms with Gasteiger partial charge >= 0.3 is 0 Å². The van der Waals surface area contributed by atoms with Gasteiger partial charge in [-0.25, -0.2) is 9.88 Å². The number of rotatable bonds is 4. The number of fused-ring (bicyclic) bond motifs is 6. The summed E-state index contributed by atoms with van der Waals surface area (Å²) in [6.07, 6.45) is 5.21. The lowest BCUT2D eigenvalue weighted by Crippen LogP contribution is -2.32. The molecule has 2 amide bonds. The summed E-state index contributed by atoms with van der Waals surface area (Å²) in [5.74, 6) is 0.919. The number of carbonyl (C=O) groups is 2. The molecule has 2 bridgehead atoms. The molecule has 150 valence electrons. The van der Waals surface area contributed by atoms with Gasteiger partial charge in [-0.3, -0.25) is 9.59 Å². The Labute approximate surface area is 190 Å². The number of thioether (sulfide) groups is 1. The number of anilines is 1. The zero-order valence-corrected chi connectivity index (χ0v) is 19.0. The van der Waals surface area contributed by atoms with Gasteiger partial charge in [0.25, 0.3) is 0 Å². The van der Waals surface area contributed by atoms with Gasteiger partial charge in [0, 0.05) is 10.2 Å². The van der Waals surface area contributed by atoms with Crippen molar-refractivity contribution in [1.82, 2.24) is 4.98 Å². The summed E-state index contributed by atoms with van der Waals surface area (Å²) in [6.45, 7) is 0. The highest BCUT2D eigenvalue weighted by Crippen LogP contribution is 2.53. The van der Waals surface area contributed by atoms with Gasteiger partial charge in [0.15, 0.2) is 4.34 Å². The summed E-state index contributed by atoms with van der Waals surface area (Å²) >= 11 is 6.77. The number of imide groups is 1. The lowest BCUT2D eigenvalue weighted by atomic mass is 9.85. The van der Waals surface area contributed by atoms with Crippen LogP contribution in [0.1, 0.15) is 12.0 Å². The maximum Gasteiger partial charge on any atom is 0.238 e. The minimum absolute atomic E-state index is 0.0319. The first-order valence-corrected chi connectivity index (χ1v) is 12.5. The number of aromatic nitrogens is 1. The second kappa shape index (κ2) is 7.04. The Morgan fingerprint density at radius 1 is 1.03 bits per heavy atom. The molecule has 2 fully saturated rings. The SMILES string of the molecule is O=C1[C@H]2[C@H](C(=O)N1c1ccc3nc(SCc4ccc(Br)cc4)sc3c1)[C@H]1C=C[C@H]2C1. The highest BCUT2D eigenvalue weighted by molar-refractivity contribution is 9.10. The molecule has 0 radical (unpaired) electrons. The van der Waals surface area contributed by atoms with E-state index in [1.807, 2.05) is 30.3 Å². The predicted molar refractivity (Wildman–Crippen MR) is 124 cm³/mol. The normalized spacial score (nSPS) is 26.9. The predicted octanol–water partition coefficient (Wildman–Crippen LogP) is 5.66. The molecule has 3 aromatic rings. The van der Waals surface area contributed by atoms with E-state index in [-0.39, 0.29) is 35.5 Å². The van der Waals surface area contributed by atoms with Crippen molar-refractivity contribution in [1.29, 1.82) is 0 Å². The first-order chi connectivity index (χ1) is 14.6. The van der Waals surface area contributed by atoms with Crippen LogP contribution in [-0.4, -0.2) is 16.8 Å². The minimum Gasteiger partial charge on any atom is -0.274 e. The van der Waals surface area contributed by atoms with Crippen molar-refractivity contribution in [3.8, 4) is 0 Å². The van der Waals surface area contributed by atoms with Crippen LogP contribution >= 0.6 is 39.0 Å². The number of halogens is 1. The maximum atomic E-state index is 13.1. The van der Waals surface area contributed by atoms with E-state index in [2.05, 4.69) is 40.2 Å². The van der Waals surface area contributed by atoms with Gasteiger partial charge in [-0.15, -0.1) is 11.3 Å². The second-order valence-corrected chi connectivity index (χ2v) is 11.2. The quantitative estimate of drug-likeness (QED) is 0.265. The number of hydrogen-bond acceptors (Lipinski definition) is 5. The number of thiazole rings is 1. The average molecular weight is 497 g/mol. The first kappa shape index (κ1) is 18.8. The van der Waals surface area contributed by atoms with E-state index >= 15 is 0 Å². The summed E-state index contributed by atoms with van der Waals surface area (Å²) in [5, 5.41) is 0. The highest BCUT2D eigenvalue weighted by Gasteiger charge is 2.59. The number of hydrogen-bond donors (Lipinski definition) is 0. The van der Waals surface area contributed by atoms with Crippen LogP contribution in [-0.2, 0) is 15.3 Å². The molecular formula is C23H17BrN2O2S2. The fraction of sp³-hybridized carbons (Fsp3) is 0.261. The lowest BCUT2D eigenvalue weighted by molar-refractivity contribution is -0.123. The summed E-state index contributed by atoms with van der Waals surface area (Å²) in [4.78, 5) is 32.3. The van der Waals surface area contributed by atoms with Crippen LogP contribution < -0.4 is 4.90 Å². The van der Waals surface area contributed by atoms with Crippen LogP contribution in [0.3, 0.4) is 0 Å². The van der Waals surface area contributed by atoms with E-state index in [4.69, 9.17) is 4.98 Å². The van der Waals surface area contributed by atoms with Gasteiger partial charge < -0.3 is 0 Å². The average Bonchev–Trinajstić information content (AvgIpc) is 3.50. The molecule has 3 aliphatic rings. The molecule has 6 rings (SSSR count). The molecule has 7 heteroatoms. The molecule has 1 aliphatic heterocycles. The van der Waals surface area contributed by atoms with E-state index in [9.17, 15) is 9.59 Å². The number of nitrogens with zero attached hydrogens (tertiary/aromatic N) is 2. The molecule has 1 saturated heterocycles. The van der Waals surface area contributed by atoms with Crippen LogP contribution in [0.5, 0.6) is 0 Å². The van der Waals surface area contributed by atoms with E-state index in [1.54, 1.807) is 23.1 Å². The lowest BCUT2D eigenvalue weighted by Gasteiger charge is -2.17. The molecule has 0 unspecified atom stereocenters. The Hall–Kier alpha value is -1.96. The highest BCUT2D eigenvalue weighted by atomic mass is 79.9. The number of benzene rings is 2. The van der Waals surface area contributed by atoms with Crippen molar-refractivity contribution in [3.05, 3.63) is 64.7 Å². The molecule has 2 aromatic carbocycles. The monoisotopic (exact) mass is 496 g/mol. The number of amides is 2. The summed E-state index contributed by atoms with van der Waals surface area (Å²) in [6, 6.07) is 14.0. The Kier molecular flexibility index (Phi) is 4.41. The number of carbonyl (C=O) groups excluding carboxylic acids is 2. The molecule has 1 aromatic heterocycles. The van der Waals surface area contributed by atoms with Crippen molar-refractivity contribution >= 4 is 66.7 Å². The first-order valence-electron chi connectivity index (χ1n) is 9.92. The molecular weight excluding hydrogens is 480 g/mol. The largest absolute Gasteiger partial charge is 0.274 e.